The van der Waals surface area contributed by atoms with Gasteiger partial charge < -0.3 is 9.84 Å². The van der Waals surface area contributed by atoms with Gasteiger partial charge in [0.05, 0.1) is 41.8 Å². The second-order valence-corrected chi connectivity index (χ2v) is 6.86. The standard InChI is InChI=1S/C20H16Cl2FN5O3/c1-2-31-20(30)14(18(29)16-17(23)15(21)10-25-19(16)22)9-24-13-5-3-12(4-6-13)11-28-8-7-26-27-28/h3-10,29H,2,11H2,1H3. The highest BCUT2D eigenvalue weighted by molar-refractivity contribution is 6.33. The predicted octanol–water partition coefficient (Wildman–Crippen LogP) is 4.40. The summed E-state index contributed by atoms with van der Waals surface area (Å²) in [5.41, 5.74) is 0.505. The van der Waals surface area contributed by atoms with E-state index in [-0.39, 0.29) is 16.8 Å². The fourth-order valence-corrected chi connectivity index (χ4v) is 2.90. The summed E-state index contributed by atoms with van der Waals surface area (Å²) < 4.78 is 21.0. The maximum absolute atomic E-state index is 14.4. The molecule has 0 spiro atoms. The molecule has 0 unspecified atom stereocenters. The van der Waals surface area contributed by atoms with Crippen LogP contribution in [0.2, 0.25) is 10.2 Å². The molecule has 3 aromatic rings. The number of aliphatic imine (C=N–C) groups is 1. The summed E-state index contributed by atoms with van der Waals surface area (Å²) in [6.45, 7) is 2.15. The van der Waals surface area contributed by atoms with Crippen molar-refractivity contribution in [2.24, 2.45) is 4.99 Å². The van der Waals surface area contributed by atoms with Crippen molar-refractivity contribution < 1.29 is 19.0 Å². The first-order valence-corrected chi connectivity index (χ1v) is 9.73. The number of nitrogens with zero attached hydrogens (tertiary/aromatic N) is 5. The topological polar surface area (TPSA) is 102 Å². The van der Waals surface area contributed by atoms with E-state index in [1.807, 2.05) is 12.1 Å². The Morgan fingerprint density at radius 3 is 2.71 bits per heavy atom. The quantitative estimate of drug-likeness (QED) is 0.183. The summed E-state index contributed by atoms with van der Waals surface area (Å²) in [6.07, 6.45) is 5.38. The van der Waals surface area contributed by atoms with Crippen LogP contribution >= 0.6 is 23.2 Å². The predicted molar refractivity (Wildman–Crippen MR) is 114 cm³/mol. The summed E-state index contributed by atoms with van der Waals surface area (Å²) in [5, 5.41) is 17.5. The van der Waals surface area contributed by atoms with Crippen LogP contribution in [0.4, 0.5) is 10.1 Å². The van der Waals surface area contributed by atoms with Gasteiger partial charge in [-0.3, -0.25) is 4.99 Å². The van der Waals surface area contributed by atoms with E-state index < -0.39 is 28.7 Å². The Balaban J connectivity index is 1.93. The maximum Gasteiger partial charge on any atom is 0.343 e. The van der Waals surface area contributed by atoms with E-state index in [1.54, 1.807) is 36.1 Å². The van der Waals surface area contributed by atoms with Crippen LogP contribution in [0, 0.1) is 5.82 Å². The number of esters is 1. The monoisotopic (exact) mass is 463 g/mol. The normalized spacial score (nSPS) is 12.1. The molecule has 0 fully saturated rings. The number of ether oxygens (including phenoxy) is 1. The van der Waals surface area contributed by atoms with Gasteiger partial charge in [-0.1, -0.05) is 40.5 Å². The van der Waals surface area contributed by atoms with Crippen LogP contribution in [0.15, 0.2) is 53.4 Å². The number of aliphatic hydroxyl groups is 1. The Morgan fingerprint density at radius 2 is 2.06 bits per heavy atom. The molecule has 8 nitrogen and oxygen atoms in total. The lowest BCUT2D eigenvalue weighted by Gasteiger charge is -2.09. The van der Waals surface area contributed by atoms with Crippen LogP contribution in [0.25, 0.3) is 5.76 Å². The van der Waals surface area contributed by atoms with Crippen LogP contribution in [-0.2, 0) is 16.1 Å². The smallest absolute Gasteiger partial charge is 0.343 e. The zero-order chi connectivity index (χ0) is 22.4. The lowest BCUT2D eigenvalue weighted by Crippen LogP contribution is -2.12. The Hall–Kier alpha value is -3.30. The number of hydrogen-bond donors (Lipinski definition) is 1. The number of halogens is 3. The van der Waals surface area contributed by atoms with Crippen molar-refractivity contribution in [3.05, 3.63) is 75.5 Å². The number of aliphatic hydroxyl groups excluding tert-OH is 1. The van der Waals surface area contributed by atoms with Gasteiger partial charge in [0.25, 0.3) is 0 Å². The highest BCUT2D eigenvalue weighted by Crippen LogP contribution is 2.30. The second-order valence-electron chi connectivity index (χ2n) is 6.09. The zero-order valence-corrected chi connectivity index (χ0v) is 17.7. The fourth-order valence-electron chi connectivity index (χ4n) is 2.53. The number of carbonyl (C=O) groups is 1. The first-order chi connectivity index (χ1) is 14.9. The number of rotatable bonds is 7. The molecule has 0 bridgehead atoms. The lowest BCUT2D eigenvalue weighted by atomic mass is 10.1. The van der Waals surface area contributed by atoms with Crippen LogP contribution in [0.3, 0.4) is 0 Å². The molecule has 3 rings (SSSR count). The van der Waals surface area contributed by atoms with Crippen molar-refractivity contribution in [2.45, 2.75) is 13.5 Å². The molecule has 0 saturated carbocycles. The molecule has 0 saturated heterocycles. The molecule has 0 aliphatic heterocycles. The Morgan fingerprint density at radius 1 is 1.32 bits per heavy atom. The van der Waals surface area contributed by atoms with Gasteiger partial charge in [0.15, 0.2) is 5.82 Å². The van der Waals surface area contributed by atoms with Crippen molar-refractivity contribution in [3.8, 4) is 0 Å². The summed E-state index contributed by atoms with van der Waals surface area (Å²) in [5.74, 6) is -2.73. The summed E-state index contributed by atoms with van der Waals surface area (Å²) in [7, 11) is 0. The van der Waals surface area contributed by atoms with Crippen molar-refractivity contribution in [2.75, 3.05) is 6.61 Å². The van der Waals surface area contributed by atoms with E-state index in [9.17, 15) is 14.3 Å². The number of hydrogen-bond acceptors (Lipinski definition) is 7. The minimum absolute atomic E-state index is 0.0322. The molecule has 0 aliphatic rings. The van der Waals surface area contributed by atoms with Gasteiger partial charge in [0, 0.05) is 12.4 Å². The molecule has 0 radical (unpaired) electrons. The van der Waals surface area contributed by atoms with Gasteiger partial charge in [0.2, 0.25) is 0 Å². The van der Waals surface area contributed by atoms with Crippen LogP contribution in [0.1, 0.15) is 18.1 Å². The van der Waals surface area contributed by atoms with Gasteiger partial charge in [0.1, 0.15) is 16.5 Å². The number of benzene rings is 1. The van der Waals surface area contributed by atoms with Crippen LogP contribution in [0.5, 0.6) is 0 Å². The van der Waals surface area contributed by atoms with Gasteiger partial charge in [-0.05, 0) is 24.6 Å². The molecule has 0 amide bonds. The third kappa shape index (κ3) is 5.44. The molecule has 31 heavy (non-hydrogen) atoms. The van der Waals surface area contributed by atoms with E-state index in [2.05, 4.69) is 20.3 Å². The first-order valence-electron chi connectivity index (χ1n) is 8.98. The summed E-state index contributed by atoms with van der Waals surface area (Å²) in [6, 6.07) is 7.05. The van der Waals surface area contributed by atoms with Crippen LogP contribution < -0.4 is 0 Å². The van der Waals surface area contributed by atoms with Crippen molar-refractivity contribution >= 4 is 46.8 Å². The minimum atomic E-state index is -1.02. The minimum Gasteiger partial charge on any atom is -0.506 e. The Kier molecular flexibility index (Phi) is 7.32. The summed E-state index contributed by atoms with van der Waals surface area (Å²) in [4.78, 5) is 20.2. The molecule has 1 N–H and O–H groups in total. The molecule has 11 heteroatoms. The Labute approximate surface area is 186 Å². The zero-order valence-electron chi connectivity index (χ0n) is 16.2. The Bertz CT molecular complexity index is 1130. The van der Waals surface area contributed by atoms with E-state index in [4.69, 9.17) is 27.9 Å². The third-order valence-electron chi connectivity index (χ3n) is 4.01. The molecule has 0 aliphatic carbocycles. The molecule has 2 aromatic heterocycles. The highest BCUT2D eigenvalue weighted by atomic mass is 35.5. The van der Waals surface area contributed by atoms with Crippen LogP contribution in [-0.4, -0.2) is 43.9 Å². The average molecular weight is 464 g/mol. The van der Waals surface area contributed by atoms with E-state index in [1.165, 1.54) is 0 Å². The lowest BCUT2D eigenvalue weighted by molar-refractivity contribution is -0.137. The van der Waals surface area contributed by atoms with Crippen molar-refractivity contribution in [1.29, 1.82) is 0 Å². The van der Waals surface area contributed by atoms with Gasteiger partial charge in [-0.25, -0.2) is 18.9 Å². The third-order valence-corrected chi connectivity index (χ3v) is 4.56. The summed E-state index contributed by atoms with van der Waals surface area (Å²) >= 11 is 11.6. The SMILES string of the molecule is CCOC(=O)C(C=Nc1ccc(Cn2ccnn2)cc1)=C(O)c1c(Cl)ncc(Cl)c1F. The van der Waals surface area contributed by atoms with E-state index in [0.29, 0.717) is 12.2 Å². The number of carbonyl (C=O) groups excluding carboxylic acids is 1. The maximum atomic E-state index is 14.4. The molecule has 2 heterocycles. The van der Waals surface area contributed by atoms with Gasteiger partial charge >= 0.3 is 5.97 Å². The van der Waals surface area contributed by atoms with E-state index >= 15 is 0 Å². The second kappa shape index (κ2) is 10.1. The van der Waals surface area contributed by atoms with Crippen molar-refractivity contribution in [3.63, 3.8) is 0 Å². The average Bonchev–Trinajstić information content (AvgIpc) is 3.26. The number of aromatic nitrogens is 4. The highest BCUT2D eigenvalue weighted by Gasteiger charge is 2.23. The first kappa shape index (κ1) is 22.4. The molecule has 160 valence electrons. The van der Waals surface area contributed by atoms with Gasteiger partial charge in [-0.2, -0.15) is 0 Å². The van der Waals surface area contributed by atoms with Crippen molar-refractivity contribution in [1.82, 2.24) is 20.0 Å². The molecule has 0 atom stereocenters. The van der Waals surface area contributed by atoms with Gasteiger partial charge in [-0.15, -0.1) is 5.10 Å². The number of pyridine rings is 1. The largest absolute Gasteiger partial charge is 0.506 e. The molecular weight excluding hydrogens is 448 g/mol. The molecule has 1 aromatic carbocycles. The van der Waals surface area contributed by atoms with E-state index in [0.717, 1.165) is 18.0 Å². The molecular formula is C20H16Cl2FN5O3. The fraction of sp³-hybridized carbons (Fsp3) is 0.150.